The first-order valence-electron chi connectivity index (χ1n) is 6.39. The molecule has 0 unspecified atom stereocenters. The van der Waals surface area contributed by atoms with Crippen molar-refractivity contribution in [3.8, 4) is 0 Å². The summed E-state index contributed by atoms with van der Waals surface area (Å²) >= 11 is 9.08. The Morgan fingerprint density at radius 3 is 2.55 bits per heavy atom. The summed E-state index contributed by atoms with van der Waals surface area (Å²) in [6, 6.07) is 11.7. The van der Waals surface area contributed by atoms with Crippen molar-refractivity contribution in [3.63, 3.8) is 0 Å². The van der Waals surface area contributed by atoms with E-state index in [0.29, 0.717) is 0 Å². The highest BCUT2D eigenvalue weighted by Crippen LogP contribution is 2.31. The number of rotatable bonds is 4. The number of hydrogen-bond donors (Lipinski definition) is 1. The van der Waals surface area contributed by atoms with Crippen LogP contribution in [0.15, 0.2) is 46.9 Å². The van der Waals surface area contributed by atoms with Gasteiger partial charge in [-0.05, 0) is 34.5 Å². The number of nitro benzene ring substituents is 1. The lowest BCUT2D eigenvalue weighted by atomic mass is 10.1. The van der Waals surface area contributed by atoms with Crippen molar-refractivity contribution >= 4 is 39.1 Å². The van der Waals surface area contributed by atoms with E-state index < -0.39 is 10.8 Å². The van der Waals surface area contributed by atoms with Gasteiger partial charge in [-0.2, -0.15) is 0 Å². The number of benzene rings is 2. The summed E-state index contributed by atoms with van der Waals surface area (Å²) in [5.74, 6) is -0.461. The first-order valence-corrected chi connectivity index (χ1v) is 7.56. The number of carbonyl (C=O) groups excluding carboxylic acids is 1. The summed E-state index contributed by atoms with van der Waals surface area (Å²) in [6.45, 7) is 1.83. The van der Waals surface area contributed by atoms with Crippen LogP contribution in [0.25, 0.3) is 0 Å². The molecular formula is C15H12BrClN2O3. The van der Waals surface area contributed by atoms with Gasteiger partial charge in [0.15, 0.2) is 0 Å². The zero-order valence-electron chi connectivity index (χ0n) is 11.5. The minimum atomic E-state index is -0.572. The van der Waals surface area contributed by atoms with E-state index in [0.717, 1.165) is 5.56 Å². The SMILES string of the molecule is C[C@@H](NC(=O)c1cc([N+](=O)[O-])c(Br)cc1Cl)c1ccccc1. The number of carbonyl (C=O) groups is 1. The highest BCUT2D eigenvalue weighted by atomic mass is 79.9. The molecule has 22 heavy (non-hydrogen) atoms. The Kier molecular flexibility index (Phi) is 5.15. The van der Waals surface area contributed by atoms with Gasteiger partial charge in [0, 0.05) is 6.07 Å². The average molecular weight is 384 g/mol. The molecule has 0 radical (unpaired) electrons. The fourth-order valence-corrected chi connectivity index (χ4v) is 2.82. The molecule has 2 aromatic carbocycles. The van der Waals surface area contributed by atoms with Crippen LogP contribution in [-0.4, -0.2) is 10.8 Å². The Morgan fingerprint density at radius 2 is 1.95 bits per heavy atom. The Bertz CT molecular complexity index is 722. The monoisotopic (exact) mass is 382 g/mol. The lowest BCUT2D eigenvalue weighted by Gasteiger charge is -2.15. The van der Waals surface area contributed by atoms with Gasteiger partial charge in [-0.15, -0.1) is 0 Å². The lowest BCUT2D eigenvalue weighted by molar-refractivity contribution is -0.385. The predicted octanol–water partition coefficient (Wildman–Crippen LogP) is 4.50. The minimum absolute atomic E-state index is 0.0688. The molecule has 5 nitrogen and oxygen atoms in total. The van der Waals surface area contributed by atoms with Gasteiger partial charge >= 0.3 is 0 Å². The van der Waals surface area contributed by atoms with Gasteiger partial charge < -0.3 is 5.32 Å². The summed E-state index contributed by atoms with van der Waals surface area (Å²) in [4.78, 5) is 22.7. The van der Waals surface area contributed by atoms with Gasteiger partial charge in [-0.3, -0.25) is 14.9 Å². The molecule has 0 heterocycles. The van der Waals surface area contributed by atoms with Crippen molar-refractivity contribution in [1.82, 2.24) is 5.32 Å². The van der Waals surface area contributed by atoms with Crippen LogP contribution in [0.1, 0.15) is 28.9 Å². The van der Waals surface area contributed by atoms with Crippen molar-refractivity contribution in [2.45, 2.75) is 13.0 Å². The van der Waals surface area contributed by atoms with Crippen LogP contribution in [0.5, 0.6) is 0 Å². The second kappa shape index (κ2) is 6.89. The van der Waals surface area contributed by atoms with Crippen LogP contribution in [0.2, 0.25) is 5.02 Å². The first kappa shape index (κ1) is 16.5. The zero-order chi connectivity index (χ0) is 16.3. The molecule has 0 saturated heterocycles. The number of nitrogens with one attached hydrogen (secondary N) is 1. The van der Waals surface area contributed by atoms with Crippen LogP contribution in [0.4, 0.5) is 5.69 Å². The molecule has 0 fully saturated rings. The maximum absolute atomic E-state index is 12.3. The third kappa shape index (κ3) is 3.64. The Labute approximate surface area is 140 Å². The Morgan fingerprint density at radius 1 is 1.32 bits per heavy atom. The molecule has 7 heteroatoms. The minimum Gasteiger partial charge on any atom is -0.345 e. The van der Waals surface area contributed by atoms with E-state index in [1.807, 2.05) is 37.3 Å². The summed E-state index contributed by atoms with van der Waals surface area (Å²) in [7, 11) is 0. The molecule has 2 aromatic rings. The van der Waals surface area contributed by atoms with Gasteiger partial charge in [0.1, 0.15) is 0 Å². The fourth-order valence-electron chi connectivity index (χ4n) is 1.95. The average Bonchev–Trinajstić information content (AvgIpc) is 2.47. The van der Waals surface area contributed by atoms with Crippen molar-refractivity contribution < 1.29 is 9.72 Å². The summed E-state index contributed by atoms with van der Waals surface area (Å²) in [5, 5.41) is 13.9. The Hall–Kier alpha value is -1.92. The predicted molar refractivity (Wildman–Crippen MR) is 88.1 cm³/mol. The third-order valence-electron chi connectivity index (χ3n) is 3.12. The summed E-state index contributed by atoms with van der Waals surface area (Å²) in [5.41, 5.74) is 0.792. The van der Waals surface area contributed by atoms with E-state index in [2.05, 4.69) is 21.2 Å². The van der Waals surface area contributed by atoms with Crippen molar-refractivity contribution in [2.24, 2.45) is 0 Å². The van der Waals surface area contributed by atoms with Gasteiger partial charge in [-0.1, -0.05) is 41.9 Å². The highest BCUT2D eigenvalue weighted by molar-refractivity contribution is 9.10. The second-order valence-electron chi connectivity index (χ2n) is 4.65. The topological polar surface area (TPSA) is 72.2 Å². The quantitative estimate of drug-likeness (QED) is 0.624. The highest BCUT2D eigenvalue weighted by Gasteiger charge is 2.21. The Balaban J connectivity index is 2.26. The van der Waals surface area contributed by atoms with E-state index in [9.17, 15) is 14.9 Å². The van der Waals surface area contributed by atoms with Crippen molar-refractivity contribution in [3.05, 3.63) is 73.2 Å². The molecule has 0 saturated carbocycles. The van der Waals surface area contributed by atoms with Crippen LogP contribution < -0.4 is 5.32 Å². The first-order chi connectivity index (χ1) is 10.4. The zero-order valence-corrected chi connectivity index (χ0v) is 13.9. The summed E-state index contributed by atoms with van der Waals surface area (Å²) in [6.07, 6.45) is 0. The molecule has 0 aliphatic rings. The van der Waals surface area contributed by atoms with E-state index in [1.54, 1.807) is 0 Å². The smallest absolute Gasteiger partial charge is 0.284 e. The van der Waals surface area contributed by atoms with Crippen LogP contribution in [0, 0.1) is 10.1 Å². The van der Waals surface area contributed by atoms with Gasteiger partial charge in [-0.25, -0.2) is 0 Å². The van der Waals surface area contributed by atoms with Gasteiger partial charge in [0.25, 0.3) is 11.6 Å². The normalized spacial score (nSPS) is 11.8. The van der Waals surface area contributed by atoms with Crippen LogP contribution >= 0.6 is 27.5 Å². The molecule has 0 aliphatic heterocycles. The molecule has 0 aliphatic carbocycles. The van der Waals surface area contributed by atoms with Crippen molar-refractivity contribution in [2.75, 3.05) is 0 Å². The number of nitrogens with zero attached hydrogens (tertiary/aromatic N) is 1. The molecular weight excluding hydrogens is 372 g/mol. The molecule has 0 bridgehead atoms. The molecule has 1 N–H and O–H groups in total. The van der Waals surface area contributed by atoms with Crippen LogP contribution in [0.3, 0.4) is 0 Å². The molecule has 0 aromatic heterocycles. The lowest BCUT2D eigenvalue weighted by Crippen LogP contribution is -2.27. The van der Waals surface area contributed by atoms with Crippen molar-refractivity contribution in [1.29, 1.82) is 0 Å². The molecule has 1 atom stereocenters. The van der Waals surface area contributed by atoms with E-state index >= 15 is 0 Å². The fraction of sp³-hybridized carbons (Fsp3) is 0.133. The number of hydrogen-bond acceptors (Lipinski definition) is 3. The van der Waals surface area contributed by atoms with Crippen LogP contribution in [-0.2, 0) is 0 Å². The maximum Gasteiger partial charge on any atom is 0.284 e. The number of halogens is 2. The van der Waals surface area contributed by atoms with Gasteiger partial charge in [0.2, 0.25) is 0 Å². The number of amides is 1. The molecule has 2 rings (SSSR count). The summed E-state index contributed by atoms with van der Waals surface area (Å²) < 4.78 is 0.232. The second-order valence-corrected chi connectivity index (χ2v) is 5.91. The van der Waals surface area contributed by atoms with Gasteiger partial charge in [0.05, 0.1) is 26.0 Å². The molecule has 1 amide bonds. The van der Waals surface area contributed by atoms with E-state index in [-0.39, 0.29) is 26.8 Å². The largest absolute Gasteiger partial charge is 0.345 e. The standard InChI is InChI=1S/C15H12BrClN2O3/c1-9(10-5-3-2-4-6-10)18-15(20)11-7-14(19(21)22)12(16)8-13(11)17/h2-9H,1H3,(H,18,20)/t9-/m1/s1. The molecule has 0 spiro atoms. The number of nitro groups is 1. The van der Waals surface area contributed by atoms with E-state index in [1.165, 1.54) is 12.1 Å². The third-order valence-corrected chi connectivity index (χ3v) is 4.07. The van der Waals surface area contributed by atoms with E-state index in [4.69, 9.17) is 11.6 Å². The molecule has 114 valence electrons. The maximum atomic E-state index is 12.3.